The van der Waals surface area contributed by atoms with Gasteiger partial charge in [0.25, 0.3) is 5.91 Å². The highest BCUT2D eigenvalue weighted by Crippen LogP contribution is 2.24. The molecule has 0 fully saturated rings. The first-order valence-corrected chi connectivity index (χ1v) is 12.5. The lowest BCUT2D eigenvalue weighted by atomic mass is 9.97. The van der Waals surface area contributed by atoms with Crippen LogP contribution in [0.3, 0.4) is 0 Å². The van der Waals surface area contributed by atoms with E-state index < -0.39 is 29.9 Å². The molecule has 5 N–H and O–H groups in total. The molecule has 0 aliphatic carbocycles. The molecule has 0 aliphatic rings. The minimum Gasteiger partial charge on any atom is -0.491 e. The van der Waals surface area contributed by atoms with Crippen LogP contribution in [0.2, 0.25) is 5.02 Å². The molecule has 0 unspecified atom stereocenters. The Kier molecular flexibility index (Phi) is 11.2. The molecule has 0 spiro atoms. The number of halogens is 1. The van der Waals surface area contributed by atoms with Crippen LogP contribution in [0.1, 0.15) is 50.0 Å². The molecule has 0 saturated carbocycles. The van der Waals surface area contributed by atoms with E-state index in [2.05, 4.69) is 10.6 Å². The third kappa shape index (κ3) is 8.53. The number of hydrogen-bond acceptors (Lipinski definition) is 5. The summed E-state index contributed by atoms with van der Waals surface area (Å²) in [5.41, 5.74) is 7.49. The number of nitrogens with one attached hydrogen (secondary N) is 2. The van der Waals surface area contributed by atoms with Crippen molar-refractivity contribution in [3.63, 3.8) is 0 Å². The number of aliphatic carboxylic acids is 1. The van der Waals surface area contributed by atoms with Gasteiger partial charge < -0.3 is 26.2 Å². The highest BCUT2D eigenvalue weighted by atomic mass is 35.5. The Morgan fingerprint density at radius 3 is 2.28 bits per heavy atom. The molecule has 0 saturated heterocycles. The van der Waals surface area contributed by atoms with Crippen molar-refractivity contribution in [1.82, 2.24) is 10.6 Å². The van der Waals surface area contributed by atoms with Gasteiger partial charge in [0.2, 0.25) is 5.91 Å². The average molecular weight is 518 g/mol. The van der Waals surface area contributed by atoms with Crippen molar-refractivity contribution in [2.75, 3.05) is 6.61 Å². The number of rotatable bonds is 13. The summed E-state index contributed by atoms with van der Waals surface area (Å²) in [5.74, 6) is -2.54. The van der Waals surface area contributed by atoms with E-state index in [0.717, 1.165) is 5.56 Å². The number of carboxylic acids is 1. The maximum absolute atomic E-state index is 13.2. The standard InChI is InChI=1S/C27H36ClN3O5/c1-5-17(4)24(27(34)35)31-26(33)23(16(2)3)30-25(32)21-12-11-19(28)14-22(21)36-15-20(29)13-18-9-7-6-8-10-18/h6-12,14,16-17,20,23-24H,5,13,15,29H2,1-4H3,(H,30,32)(H,31,33)(H,34,35)/t17-,20+,23-,24-/m0/s1. The summed E-state index contributed by atoms with van der Waals surface area (Å²) in [6.45, 7) is 7.29. The predicted octanol–water partition coefficient (Wildman–Crippen LogP) is 3.66. The Labute approximate surface area is 217 Å². The van der Waals surface area contributed by atoms with Gasteiger partial charge in [-0.15, -0.1) is 0 Å². The van der Waals surface area contributed by atoms with E-state index in [1.54, 1.807) is 26.8 Å². The quantitative estimate of drug-likeness (QED) is 0.321. The van der Waals surface area contributed by atoms with Crippen LogP contribution in [0, 0.1) is 11.8 Å². The van der Waals surface area contributed by atoms with Crippen molar-refractivity contribution in [3.05, 3.63) is 64.7 Å². The van der Waals surface area contributed by atoms with Gasteiger partial charge in [-0.1, -0.05) is 76.0 Å². The number of carbonyl (C=O) groups is 3. The summed E-state index contributed by atoms with van der Waals surface area (Å²) >= 11 is 6.14. The van der Waals surface area contributed by atoms with Gasteiger partial charge in [0.15, 0.2) is 0 Å². The topological polar surface area (TPSA) is 131 Å². The van der Waals surface area contributed by atoms with Crippen LogP contribution in [0.25, 0.3) is 0 Å². The third-order valence-electron chi connectivity index (χ3n) is 5.99. The first-order chi connectivity index (χ1) is 17.0. The molecule has 2 aromatic carbocycles. The summed E-state index contributed by atoms with van der Waals surface area (Å²) < 4.78 is 5.87. The highest BCUT2D eigenvalue weighted by molar-refractivity contribution is 6.30. The second-order valence-corrected chi connectivity index (χ2v) is 9.74. The van der Waals surface area contributed by atoms with E-state index >= 15 is 0 Å². The fourth-order valence-electron chi connectivity index (χ4n) is 3.66. The average Bonchev–Trinajstić information content (AvgIpc) is 2.84. The van der Waals surface area contributed by atoms with Crippen molar-refractivity contribution in [2.45, 2.75) is 58.7 Å². The first-order valence-electron chi connectivity index (χ1n) is 12.1. The summed E-state index contributed by atoms with van der Waals surface area (Å²) in [6.07, 6.45) is 1.17. The second kappa shape index (κ2) is 13.8. The van der Waals surface area contributed by atoms with Crippen LogP contribution < -0.4 is 21.1 Å². The van der Waals surface area contributed by atoms with Gasteiger partial charge in [-0.2, -0.15) is 0 Å². The molecule has 0 bridgehead atoms. The van der Waals surface area contributed by atoms with Gasteiger partial charge >= 0.3 is 5.97 Å². The summed E-state index contributed by atoms with van der Waals surface area (Å²) in [5, 5.41) is 15.2. The van der Waals surface area contributed by atoms with Crippen LogP contribution in [0.5, 0.6) is 5.75 Å². The van der Waals surface area contributed by atoms with Crippen LogP contribution in [-0.4, -0.2) is 47.6 Å². The number of ether oxygens (including phenoxy) is 1. The van der Waals surface area contributed by atoms with Gasteiger partial charge in [0.1, 0.15) is 24.4 Å². The van der Waals surface area contributed by atoms with E-state index in [9.17, 15) is 19.5 Å². The molecule has 0 radical (unpaired) electrons. The lowest BCUT2D eigenvalue weighted by Crippen LogP contribution is -2.55. The van der Waals surface area contributed by atoms with E-state index in [4.69, 9.17) is 22.1 Å². The predicted molar refractivity (Wildman–Crippen MR) is 140 cm³/mol. The zero-order valence-corrected chi connectivity index (χ0v) is 21.9. The van der Waals surface area contributed by atoms with Crippen LogP contribution >= 0.6 is 11.6 Å². The SMILES string of the molecule is CC[C@H](C)[C@H](NC(=O)[C@@H](NC(=O)c1ccc(Cl)cc1OC[C@H](N)Cc1ccccc1)C(C)C)C(=O)O. The third-order valence-corrected chi connectivity index (χ3v) is 6.23. The van der Waals surface area contributed by atoms with Crippen molar-refractivity contribution in [1.29, 1.82) is 0 Å². The molecule has 196 valence electrons. The maximum atomic E-state index is 13.2. The fourth-order valence-corrected chi connectivity index (χ4v) is 3.82. The molecule has 2 amide bonds. The Morgan fingerprint density at radius 2 is 1.69 bits per heavy atom. The van der Waals surface area contributed by atoms with Crippen LogP contribution in [-0.2, 0) is 16.0 Å². The molecule has 2 rings (SSSR count). The zero-order valence-electron chi connectivity index (χ0n) is 21.2. The minimum absolute atomic E-state index is 0.152. The lowest BCUT2D eigenvalue weighted by molar-refractivity contribution is -0.143. The molecule has 0 aromatic heterocycles. The molecular weight excluding hydrogens is 482 g/mol. The van der Waals surface area contributed by atoms with Crippen molar-refractivity contribution >= 4 is 29.4 Å². The fraction of sp³-hybridized carbons (Fsp3) is 0.444. The van der Waals surface area contributed by atoms with Crippen molar-refractivity contribution < 1.29 is 24.2 Å². The van der Waals surface area contributed by atoms with Gasteiger partial charge in [0.05, 0.1) is 5.56 Å². The normalized spacial score (nSPS) is 14.4. The Bertz CT molecular complexity index is 1030. The lowest BCUT2D eigenvalue weighted by Gasteiger charge is -2.26. The monoisotopic (exact) mass is 517 g/mol. The second-order valence-electron chi connectivity index (χ2n) is 9.31. The highest BCUT2D eigenvalue weighted by Gasteiger charge is 2.31. The van der Waals surface area contributed by atoms with Gasteiger partial charge in [-0.05, 0) is 42.0 Å². The molecular formula is C27H36ClN3O5. The summed E-state index contributed by atoms with van der Waals surface area (Å²) in [4.78, 5) is 37.8. The minimum atomic E-state index is -1.12. The van der Waals surface area contributed by atoms with Gasteiger partial charge in [-0.25, -0.2) is 4.79 Å². The molecule has 36 heavy (non-hydrogen) atoms. The Morgan fingerprint density at radius 1 is 1.03 bits per heavy atom. The number of nitrogens with two attached hydrogens (primary N) is 1. The van der Waals surface area contributed by atoms with Gasteiger partial charge in [0, 0.05) is 11.1 Å². The number of benzene rings is 2. The van der Waals surface area contributed by atoms with E-state index in [1.807, 2.05) is 37.3 Å². The Hall–Kier alpha value is -3.10. The molecule has 0 aliphatic heterocycles. The molecule has 4 atom stereocenters. The largest absolute Gasteiger partial charge is 0.491 e. The van der Waals surface area contributed by atoms with Crippen molar-refractivity contribution in [2.24, 2.45) is 17.6 Å². The first kappa shape index (κ1) is 29.1. The van der Waals surface area contributed by atoms with Crippen molar-refractivity contribution in [3.8, 4) is 5.75 Å². The smallest absolute Gasteiger partial charge is 0.326 e. The van der Waals surface area contributed by atoms with Crippen LogP contribution in [0.15, 0.2) is 48.5 Å². The number of hydrogen-bond donors (Lipinski definition) is 4. The molecule has 0 heterocycles. The molecule has 2 aromatic rings. The zero-order chi connectivity index (χ0) is 26.8. The number of amides is 2. The molecule has 9 heteroatoms. The summed E-state index contributed by atoms with van der Waals surface area (Å²) in [7, 11) is 0. The molecule has 8 nitrogen and oxygen atoms in total. The van der Waals surface area contributed by atoms with E-state index in [0.29, 0.717) is 17.9 Å². The van der Waals surface area contributed by atoms with Gasteiger partial charge in [-0.3, -0.25) is 9.59 Å². The summed E-state index contributed by atoms with van der Waals surface area (Å²) in [6, 6.07) is 12.0. The van der Waals surface area contributed by atoms with E-state index in [1.165, 1.54) is 12.1 Å². The Balaban J connectivity index is 2.14. The van der Waals surface area contributed by atoms with Crippen LogP contribution in [0.4, 0.5) is 0 Å². The van der Waals surface area contributed by atoms with E-state index in [-0.39, 0.29) is 35.8 Å². The number of carbonyl (C=O) groups excluding carboxylic acids is 2. The maximum Gasteiger partial charge on any atom is 0.326 e. The number of carboxylic acid groups (broad SMARTS) is 1.